The van der Waals surface area contributed by atoms with Gasteiger partial charge in [0, 0.05) is 19.1 Å². The summed E-state index contributed by atoms with van der Waals surface area (Å²) in [5.74, 6) is -0.00834. The lowest BCUT2D eigenvalue weighted by molar-refractivity contribution is 0.0778. The van der Waals surface area contributed by atoms with Gasteiger partial charge in [-0.1, -0.05) is 0 Å². The number of carbonyl (C=O) groups excluding carboxylic acids is 2. The standard InChI is InChI=1S/C8H12N6O2/c9-8(16)12-5-1-2-14(3-5)7(15)6-10-4-11-13-6/h4-5H,1-3H2,(H3,9,12,16)(H,10,11,13). The predicted molar refractivity (Wildman–Crippen MR) is 53.4 cm³/mol. The van der Waals surface area contributed by atoms with E-state index in [4.69, 9.17) is 5.73 Å². The van der Waals surface area contributed by atoms with Crippen LogP contribution in [0.3, 0.4) is 0 Å². The van der Waals surface area contributed by atoms with Crippen LogP contribution in [-0.4, -0.2) is 51.2 Å². The van der Waals surface area contributed by atoms with Gasteiger partial charge in [0.2, 0.25) is 5.82 Å². The first-order valence-electron chi connectivity index (χ1n) is 4.87. The molecule has 1 aliphatic heterocycles. The number of nitrogens with two attached hydrogens (primary N) is 1. The zero-order valence-electron chi connectivity index (χ0n) is 8.51. The van der Waals surface area contributed by atoms with E-state index in [1.807, 2.05) is 0 Å². The van der Waals surface area contributed by atoms with Crippen LogP contribution in [0.5, 0.6) is 0 Å². The molecule has 0 aromatic carbocycles. The molecule has 1 saturated heterocycles. The summed E-state index contributed by atoms with van der Waals surface area (Å²) < 4.78 is 0. The van der Waals surface area contributed by atoms with Crippen LogP contribution in [0.25, 0.3) is 0 Å². The first-order chi connectivity index (χ1) is 7.66. The van der Waals surface area contributed by atoms with Crippen LogP contribution in [0.15, 0.2) is 6.33 Å². The monoisotopic (exact) mass is 224 g/mol. The van der Waals surface area contributed by atoms with Gasteiger partial charge in [-0.15, -0.1) is 0 Å². The first-order valence-corrected chi connectivity index (χ1v) is 4.87. The van der Waals surface area contributed by atoms with Crippen LogP contribution >= 0.6 is 0 Å². The van der Waals surface area contributed by atoms with Crippen LogP contribution in [0.2, 0.25) is 0 Å². The number of nitrogens with zero attached hydrogens (tertiary/aromatic N) is 3. The Balaban J connectivity index is 1.94. The maximum atomic E-state index is 11.8. The first kappa shape index (κ1) is 10.4. The van der Waals surface area contributed by atoms with Crippen molar-refractivity contribution >= 4 is 11.9 Å². The number of H-pyrrole nitrogens is 1. The van der Waals surface area contributed by atoms with Crippen molar-refractivity contribution in [1.82, 2.24) is 25.4 Å². The molecule has 2 rings (SSSR count). The molecule has 8 nitrogen and oxygen atoms in total. The molecule has 2 heterocycles. The molecule has 16 heavy (non-hydrogen) atoms. The van der Waals surface area contributed by atoms with E-state index in [1.165, 1.54) is 6.33 Å². The van der Waals surface area contributed by atoms with Gasteiger partial charge in [0.05, 0.1) is 0 Å². The maximum Gasteiger partial charge on any atom is 0.312 e. The molecular formula is C8H12N6O2. The van der Waals surface area contributed by atoms with Crippen molar-refractivity contribution < 1.29 is 9.59 Å². The van der Waals surface area contributed by atoms with Crippen molar-refractivity contribution in [3.05, 3.63) is 12.2 Å². The zero-order chi connectivity index (χ0) is 11.5. The van der Waals surface area contributed by atoms with Gasteiger partial charge in [-0.3, -0.25) is 9.89 Å². The lowest BCUT2D eigenvalue weighted by atomic mass is 10.3. The second-order valence-electron chi connectivity index (χ2n) is 3.58. The number of nitrogens with one attached hydrogen (secondary N) is 2. The molecule has 0 aliphatic carbocycles. The fraction of sp³-hybridized carbons (Fsp3) is 0.500. The molecule has 1 aromatic rings. The summed E-state index contributed by atoms with van der Waals surface area (Å²) in [4.78, 5) is 27.8. The Morgan fingerprint density at radius 2 is 2.44 bits per heavy atom. The van der Waals surface area contributed by atoms with Gasteiger partial charge in [-0.25, -0.2) is 9.78 Å². The van der Waals surface area contributed by atoms with Crippen LogP contribution < -0.4 is 11.1 Å². The highest BCUT2D eigenvalue weighted by atomic mass is 16.2. The summed E-state index contributed by atoms with van der Waals surface area (Å²) in [7, 11) is 0. The van der Waals surface area contributed by atoms with Crippen molar-refractivity contribution in [2.24, 2.45) is 5.73 Å². The van der Waals surface area contributed by atoms with Gasteiger partial charge in [-0.05, 0) is 6.42 Å². The van der Waals surface area contributed by atoms with Crippen LogP contribution in [0, 0.1) is 0 Å². The highest BCUT2D eigenvalue weighted by Crippen LogP contribution is 2.11. The molecule has 0 saturated carbocycles. The van der Waals surface area contributed by atoms with E-state index < -0.39 is 6.03 Å². The summed E-state index contributed by atoms with van der Waals surface area (Å²) in [5.41, 5.74) is 5.01. The molecule has 0 spiro atoms. The van der Waals surface area contributed by atoms with Crippen molar-refractivity contribution in [3.8, 4) is 0 Å². The molecular weight excluding hydrogens is 212 g/mol. The van der Waals surface area contributed by atoms with Gasteiger partial charge in [-0.2, -0.15) is 5.10 Å². The topological polar surface area (TPSA) is 117 Å². The minimum Gasteiger partial charge on any atom is -0.352 e. The van der Waals surface area contributed by atoms with E-state index in [9.17, 15) is 9.59 Å². The molecule has 0 radical (unpaired) electrons. The van der Waals surface area contributed by atoms with Crippen molar-refractivity contribution in [3.63, 3.8) is 0 Å². The van der Waals surface area contributed by atoms with Crippen LogP contribution in [0.1, 0.15) is 17.0 Å². The molecule has 4 N–H and O–H groups in total. The number of hydrogen-bond donors (Lipinski definition) is 3. The van der Waals surface area contributed by atoms with Crippen molar-refractivity contribution in [1.29, 1.82) is 0 Å². The maximum absolute atomic E-state index is 11.8. The Hall–Kier alpha value is -2.12. The zero-order valence-corrected chi connectivity index (χ0v) is 8.51. The SMILES string of the molecule is NC(=O)NC1CCN(C(=O)c2ncn[nH]2)C1. The second kappa shape index (κ2) is 4.17. The highest BCUT2D eigenvalue weighted by molar-refractivity contribution is 5.90. The van der Waals surface area contributed by atoms with E-state index in [0.717, 1.165) is 0 Å². The third kappa shape index (κ3) is 2.10. The molecule has 1 fully saturated rings. The summed E-state index contributed by atoms with van der Waals surface area (Å²) >= 11 is 0. The van der Waals surface area contributed by atoms with Gasteiger partial charge in [0.15, 0.2) is 0 Å². The molecule has 3 amide bonds. The van der Waals surface area contributed by atoms with Gasteiger partial charge in [0.25, 0.3) is 5.91 Å². The van der Waals surface area contributed by atoms with Crippen molar-refractivity contribution in [2.75, 3.05) is 13.1 Å². The Morgan fingerprint density at radius 1 is 1.62 bits per heavy atom. The molecule has 1 atom stereocenters. The van der Waals surface area contributed by atoms with E-state index >= 15 is 0 Å². The fourth-order valence-corrected chi connectivity index (χ4v) is 1.72. The number of amides is 3. The number of urea groups is 1. The normalized spacial score (nSPS) is 19.8. The van der Waals surface area contributed by atoms with Gasteiger partial charge in [0.1, 0.15) is 6.33 Å². The number of likely N-dealkylation sites (tertiary alicyclic amines) is 1. The minimum absolute atomic E-state index is 0.0793. The van der Waals surface area contributed by atoms with Crippen LogP contribution in [0.4, 0.5) is 4.79 Å². The fourth-order valence-electron chi connectivity index (χ4n) is 1.72. The number of rotatable bonds is 2. The largest absolute Gasteiger partial charge is 0.352 e. The molecule has 1 unspecified atom stereocenters. The number of hydrogen-bond acceptors (Lipinski definition) is 4. The van der Waals surface area contributed by atoms with E-state index in [0.29, 0.717) is 19.5 Å². The summed E-state index contributed by atoms with van der Waals surface area (Å²) in [5, 5.41) is 8.68. The van der Waals surface area contributed by atoms with Gasteiger partial charge >= 0.3 is 6.03 Å². The third-order valence-corrected chi connectivity index (χ3v) is 2.44. The predicted octanol–water partition coefficient (Wildman–Crippen LogP) is -1.31. The molecule has 8 heteroatoms. The Kier molecular flexibility index (Phi) is 2.71. The summed E-state index contributed by atoms with van der Waals surface area (Å²) in [6, 6.07) is -0.650. The average Bonchev–Trinajstić information content (AvgIpc) is 2.84. The Bertz CT molecular complexity index is 389. The van der Waals surface area contributed by atoms with Gasteiger partial charge < -0.3 is 16.0 Å². The smallest absolute Gasteiger partial charge is 0.312 e. The number of aromatic amines is 1. The lowest BCUT2D eigenvalue weighted by Gasteiger charge is -2.14. The number of primary amides is 1. The molecule has 0 bridgehead atoms. The van der Waals surface area contributed by atoms with Crippen molar-refractivity contribution in [2.45, 2.75) is 12.5 Å². The molecule has 86 valence electrons. The average molecular weight is 224 g/mol. The third-order valence-electron chi connectivity index (χ3n) is 2.44. The van der Waals surface area contributed by atoms with E-state index in [1.54, 1.807) is 4.90 Å². The van der Waals surface area contributed by atoms with E-state index in [2.05, 4.69) is 20.5 Å². The lowest BCUT2D eigenvalue weighted by Crippen LogP contribution is -2.41. The van der Waals surface area contributed by atoms with E-state index in [-0.39, 0.29) is 17.8 Å². The molecule has 1 aliphatic rings. The molecule has 1 aromatic heterocycles. The second-order valence-corrected chi connectivity index (χ2v) is 3.58. The van der Waals surface area contributed by atoms with Crippen LogP contribution in [-0.2, 0) is 0 Å². The Morgan fingerprint density at radius 3 is 3.06 bits per heavy atom. The summed E-state index contributed by atoms with van der Waals surface area (Å²) in [6.07, 6.45) is 1.98. The minimum atomic E-state index is -0.570. The number of aromatic nitrogens is 3. The Labute approximate surface area is 91.2 Å². The number of carbonyl (C=O) groups is 2. The summed E-state index contributed by atoms with van der Waals surface area (Å²) in [6.45, 7) is 1.02. The highest BCUT2D eigenvalue weighted by Gasteiger charge is 2.28. The quantitative estimate of drug-likeness (QED) is 0.578.